The van der Waals surface area contributed by atoms with E-state index < -0.39 is 0 Å². The molecule has 138 valence electrons. The summed E-state index contributed by atoms with van der Waals surface area (Å²) < 4.78 is 27.2. The van der Waals surface area contributed by atoms with Crippen molar-refractivity contribution in [2.24, 2.45) is 5.92 Å². The maximum atomic E-state index is 13.8. The second-order valence-corrected chi connectivity index (χ2v) is 8.35. The molecular formula is C22H26F2N2. The number of nitrogens with zero attached hydrogens (tertiary/aromatic N) is 2. The highest BCUT2D eigenvalue weighted by atomic mass is 19.1. The number of hydrogen-bond donors (Lipinski definition) is 0. The molecule has 2 saturated heterocycles. The van der Waals surface area contributed by atoms with Crippen LogP contribution in [0.3, 0.4) is 0 Å². The van der Waals surface area contributed by atoms with E-state index >= 15 is 0 Å². The molecule has 0 radical (unpaired) electrons. The Morgan fingerprint density at radius 2 is 1.77 bits per heavy atom. The summed E-state index contributed by atoms with van der Waals surface area (Å²) >= 11 is 0. The summed E-state index contributed by atoms with van der Waals surface area (Å²) in [5.74, 6) is 0.206. The lowest BCUT2D eigenvalue weighted by atomic mass is 9.89. The van der Waals surface area contributed by atoms with Crippen LogP contribution in [0.4, 0.5) is 14.5 Å². The lowest BCUT2D eigenvalue weighted by molar-refractivity contribution is 0.161. The van der Waals surface area contributed by atoms with Crippen LogP contribution < -0.4 is 4.90 Å². The van der Waals surface area contributed by atoms with Gasteiger partial charge in [-0.15, -0.1) is 0 Å². The summed E-state index contributed by atoms with van der Waals surface area (Å²) in [5, 5.41) is 0. The highest BCUT2D eigenvalue weighted by molar-refractivity contribution is 5.52. The fraction of sp³-hybridized carbons (Fsp3) is 0.455. The van der Waals surface area contributed by atoms with Crippen molar-refractivity contribution in [3.63, 3.8) is 0 Å². The van der Waals surface area contributed by atoms with Gasteiger partial charge in [0.25, 0.3) is 0 Å². The van der Waals surface area contributed by atoms with E-state index in [2.05, 4.69) is 23.6 Å². The Labute approximate surface area is 154 Å². The molecule has 2 atom stereocenters. The van der Waals surface area contributed by atoms with E-state index in [0.29, 0.717) is 12.0 Å². The van der Waals surface area contributed by atoms with E-state index in [0.717, 1.165) is 43.7 Å². The van der Waals surface area contributed by atoms with Gasteiger partial charge >= 0.3 is 0 Å². The zero-order valence-electron chi connectivity index (χ0n) is 15.5. The van der Waals surface area contributed by atoms with Crippen molar-refractivity contribution in [2.75, 3.05) is 18.0 Å². The number of hydrogen-bond acceptors (Lipinski definition) is 2. The highest BCUT2D eigenvalue weighted by Crippen LogP contribution is 2.44. The molecule has 0 aliphatic carbocycles. The van der Waals surface area contributed by atoms with Crippen LogP contribution in [0.25, 0.3) is 0 Å². The van der Waals surface area contributed by atoms with Crippen LogP contribution in [0, 0.1) is 17.6 Å². The molecule has 2 fully saturated rings. The molecule has 0 aromatic heterocycles. The number of piperidine rings is 1. The van der Waals surface area contributed by atoms with Gasteiger partial charge in [0, 0.05) is 36.9 Å². The van der Waals surface area contributed by atoms with E-state index in [-0.39, 0.29) is 17.2 Å². The Hall–Kier alpha value is -1.94. The Morgan fingerprint density at radius 3 is 2.50 bits per heavy atom. The molecular weight excluding hydrogens is 330 g/mol. The summed E-state index contributed by atoms with van der Waals surface area (Å²) in [4.78, 5) is 4.86. The maximum absolute atomic E-state index is 13.8. The van der Waals surface area contributed by atoms with Crippen LogP contribution in [0.15, 0.2) is 48.5 Å². The predicted molar refractivity (Wildman–Crippen MR) is 101 cm³/mol. The zero-order valence-corrected chi connectivity index (χ0v) is 15.5. The second kappa shape index (κ2) is 6.66. The monoisotopic (exact) mass is 356 g/mol. The molecule has 2 aliphatic heterocycles. The third kappa shape index (κ3) is 3.35. The van der Waals surface area contributed by atoms with Crippen LogP contribution >= 0.6 is 0 Å². The third-order valence-electron chi connectivity index (χ3n) is 5.91. The molecule has 0 N–H and O–H groups in total. The average Bonchev–Trinajstić information content (AvgIpc) is 2.84. The van der Waals surface area contributed by atoms with Crippen LogP contribution in [-0.4, -0.2) is 29.6 Å². The summed E-state index contributed by atoms with van der Waals surface area (Å²) in [6.07, 6.45) is 2.15. The van der Waals surface area contributed by atoms with Gasteiger partial charge < -0.3 is 4.90 Å². The SMILES string of the molecule is CC1(C)C[C@@H]2CN(Cc3cccc(F)c3)CC[C@@H]2N1c1cccc(F)c1. The van der Waals surface area contributed by atoms with E-state index in [1.807, 2.05) is 12.1 Å². The number of anilines is 1. The predicted octanol–water partition coefficient (Wildman–Crippen LogP) is 4.84. The van der Waals surface area contributed by atoms with E-state index in [9.17, 15) is 8.78 Å². The molecule has 0 bridgehead atoms. The molecule has 2 heterocycles. The van der Waals surface area contributed by atoms with Crippen molar-refractivity contribution in [3.05, 3.63) is 65.7 Å². The average molecular weight is 356 g/mol. The molecule has 2 aromatic rings. The van der Waals surface area contributed by atoms with Crippen molar-refractivity contribution in [1.29, 1.82) is 0 Å². The van der Waals surface area contributed by atoms with Crippen molar-refractivity contribution in [3.8, 4) is 0 Å². The minimum atomic E-state index is -0.176. The van der Waals surface area contributed by atoms with Crippen LogP contribution in [0.2, 0.25) is 0 Å². The molecule has 2 aliphatic rings. The largest absolute Gasteiger partial charge is 0.363 e. The Bertz CT molecular complexity index is 789. The topological polar surface area (TPSA) is 6.48 Å². The van der Waals surface area contributed by atoms with Gasteiger partial charge in [-0.1, -0.05) is 18.2 Å². The summed E-state index contributed by atoms with van der Waals surface area (Å²) in [5.41, 5.74) is 2.03. The first kappa shape index (κ1) is 17.5. The maximum Gasteiger partial charge on any atom is 0.125 e. The fourth-order valence-electron chi connectivity index (χ4n) is 5.03. The standard InChI is InChI=1S/C22H26F2N2/c1-22(2)13-17-15-25(14-16-5-3-6-18(23)11-16)10-9-21(17)26(22)20-8-4-7-19(24)12-20/h3-8,11-12,17,21H,9-10,13-15H2,1-2H3/t17-,21+/m1/s1. The first-order valence-corrected chi connectivity index (χ1v) is 9.44. The molecule has 2 nitrogen and oxygen atoms in total. The van der Waals surface area contributed by atoms with E-state index in [1.54, 1.807) is 24.3 Å². The summed E-state index contributed by atoms with van der Waals surface area (Å²) in [6, 6.07) is 14.3. The molecule has 0 spiro atoms. The van der Waals surface area contributed by atoms with E-state index in [4.69, 9.17) is 0 Å². The van der Waals surface area contributed by atoms with E-state index in [1.165, 1.54) is 12.1 Å². The Morgan fingerprint density at radius 1 is 1.04 bits per heavy atom. The van der Waals surface area contributed by atoms with Gasteiger partial charge in [0.2, 0.25) is 0 Å². The zero-order chi connectivity index (χ0) is 18.3. The number of benzene rings is 2. The van der Waals surface area contributed by atoms with Gasteiger partial charge in [-0.05, 0) is 68.5 Å². The molecule has 0 saturated carbocycles. The highest BCUT2D eigenvalue weighted by Gasteiger charge is 2.48. The molecule has 26 heavy (non-hydrogen) atoms. The van der Waals surface area contributed by atoms with Gasteiger partial charge in [-0.3, -0.25) is 4.90 Å². The van der Waals surface area contributed by atoms with Gasteiger partial charge in [0.15, 0.2) is 0 Å². The molecule has 0 unspecified atom stereocenters. The normalized spacial score (nSPS) is 25.3. The van der Waals surface area contributed by atoms with Gasteiger partial charge in [0.05, 0.1) is 0 Å². The lowest BCUT2D eigenvalue weighted by Gasteiger charge is -2.42. The first-order chi connectivity index (χ1) is 12.4. The van der Waals surface area contributed by atoms with Crippen molar-refractivity contribution < 1.29 is 8.78 Å². The van der Waals surface area contributed by atoms with Gasteiger partial charge in [0.1, 0.15) is 11.6 Å². The van der Waals surface area contributed by atoms with Crippen molar-refractivity contribution in [2.45, 2.75) is 44.8 Å². The van der Waals surface area contributed by atoms with Crippen LogP contribution in [-0.2, 0) is 6.54 Å². The molecule has 4 rings (SSSR count). The Balaban J connectivity index is 1.51. The fourth-order valence-corrected chi connectivity index (χ4v) is 5.03. The number of fused-ring (bicyclic) bond motifs is 1. The van der Waals surface area contributed by atoms with Gasteiger partial charge in [-0.2, -0.15) is 0 Å². The minimum Gasteiger partial charge on any atom is -0.363 e. The number of likely N-dealkylation sites (tertiary alicyclic amines) is 1. The Kier molecular flexibility index (Phi) is 4.47. The third-order valence-corrected chi connectivity index (χ3v) is 5.91. The minimum absolute atomic E-state index is 0.0119. The smallest absolute Gasteiger partial charge is 0.125 e. The summed E-state index contributed by atoms with van der Waals surface area (Å²) in [6.45, 7) is 7.30. The first-order valence-electron chi connectivity index (χ1n) is 9.44. The second-order valence-electron chi connectivity index (χ2n) is 8.35. The van der Waals surface area contributed by atoms with Crippen LogP contribution in [0.5, 0.6) is 0 Å². The number of halogens is 2. The van der Waals surface area contributed by atoms with Crippen molar-refractivity contribution in [1.82, 2.24) is 4.90 Å². The molecule has 0 amide bonds. The van der Waals surface area contributed by atoms with Gasteiger partial charge in [-0.25, -0.2) is 8.78 Å². The molecule has 4 heteroatoms. The lowest BCUT2D eigenvalue weighted by Crippen LogP contribution is -2.48. The molecule has 2 aromatic carbocycles. The number of rotatable bonds is 3. The van der Waals surface area contributed by atoms with Crippen molar-refractivity contribution >= 4 is 5.69 Å². The quantitative estimate of drug-likeness (QED) is 0.776. The van der Waals surface area contributed by atoms with Crippen LogP contribution in [0.1, 0.15) is 32.3 Å². The summed E-state index contributed by atoms with van der Waals surface area (Å²) in [7, 11) is 0.